The monoisotopic (exact) mass is 284 g/mol. The lowest BCUT2D eigenvalue weighted by Gasteiger charge is -2.16. The normalized spacial score (nSPS) is 10.7. The summed E-state index contributed by atoms with van der Waals surface area (Å²) in [5.74, 6) is -0.359. The summed E-state index contributed by atoms with van der Waals surface area (Å²) in [4.78, 5) is 17.8. The van der Waals surface area contributed by atoms with Crippen molar-refractivity contribution in [2.24, 2.45) is 0 Å². The van der Waals surface area contributed by atoms with Crippen molar-refractivity contribution in [2.45, 2.75) is 20.0 Å². The number of rotatable bonds is 5. The zero-order valence-corrected chi connectivity index (χ0v) is 12.7. The van der Waals surface area contributed by atoms with E-state index in [1.807, 2.05) is 6.07 Å². The van der Waals surface area contributed by atoms with E-state index in [0.29, 0.717) is 5.56 Å². The number of benzene rings is 1. The second kappa shape index (κ2) is 6.99. The molecule has 1 heterocycles. The van der Waals surface area contributed by atoms with Gasteiger partial charge in [0.2, 0.25) is 0 Å². The molecule has 0 aliphatic heterocycles. The Hall–Kier alpha value is -2.20. The van der Waals surface area contributed by atoms with Gasteiger partial charge in [0.05, 0.1) is 18.4 Å². The highest BCUT2D eigenvalue weighted by atomic mass is 16.5. The van der Waals surface area contributed by atoms with Gasteiger partial charge in [-0.3, -0.25) is 9.88 Å². The summed E-state index contributed by atoms with van der Waals surface area (Å²) < 4.78 is 4.66. The highest BCUT2D eigenvalue weighted by Crippen LogP contribution is 2.09. The number of methoxy groups -OCH3 is 1. The molecule has 0 aliphatic rings. The predicted molar refractivity (Wildman–Crippen MR) is 81.9 cm³/mol. The van der Waals surface area contributed by atoms with Gasteiger partial charge in [-0.1, -0.05) is 29.8 Å². The number of carbonyl (C=O) groups is 1. The predicted octanol–water partition coefficient (Wildman–Crippen LogP) is 2.81. The fraction of sp³-hybridized carbons (Fsp3) is 0.294. The Morgan fingerprint density at radius 3 is 2.43 bits per heavy atom. The topological polar surface area (TPSA) is 42.4 Å². The van der Waals surface area contributed by atoms with Crippen LogP contribution < -0.4 is 0 Å². The van der Waals surface area contributed by atoms with Gasteiger partial charge in [-0.15, -0.1) is 0 Å². The van der Waals surface area contributed by atoms with Gasteiger partial charge < -0.3 is 4.74 Å². The van der Waals surface area contributed by atoms with Crippen LogP contribution in [0, 0.1) is 6.92 Å². The van der Waals surface area contributed by atoms with E-state index in [4.69, 9.17) is 0 Å². The van der Waals surface area contributed by atoms with E-state index in [0.717, 1.165) is 18.8 Å². The van der Waals surface area contributed by atoms with Gasteiger partial charge in [0, 0.05) is 19.3 Å². The van der Waals surface area contributed by atoms with E-state index < -0.39 is 0 Å². The first-order valence-electron chi connectivity index (χ1n) is 6.86. The zero-order valence-electron chi connectivity index (χ0n) is 12.7. The summed E-state index contributed by atoms with van der Waals surface area (Å²) >= 11 is 0. The molecule has 0 bridgehead atoms. The number of hydrogen-bond acceptors (Lipinski definition) is 4. The van der Waals surface area contributed by atoms with Crippen molar-refractivity contribution in [1.82, 2.24) is 9.88 Å². The summed E-state index contributed by atoms with van der Waals surface area (Å²) in [5.41, 5.74) is 3.94. The maximum atomic E-state index is 11.3. The van der Waals surface area contributed by atoms with Crippen LogP contribution in [0.25, 0.3) is 0 Å². The average Bonchev–Trinajstić information content (AvgIpc) is 2.49. The number of pyridine rings is 1. The van der Waals surface area contributed by atoms with Crippen LogP contribution in [0.1, 0.15) is 27.2 Å². The summed E-state index contributed by atoms with van der Waals surface area (Å²) in [7, 11) is 3.42. The van der Waals surface area contributed by atoms with Crippen LogP contribution in [0.2, 0.25) is 0 Å². The number of esters is 1. The van der Waals surface area contributed by atoms with Gasteiger partial charge in [-0.2, -0.15) is 0 Å². The molecule has 2 aromatic rings. The van der Waals surface area contributed by atoms with Crippen LogP contribution in [0.15, 0.2) is 42.6 Å². The van der Waals surface area contributed by atoms with Crippen molar-refractivity contribution in [1.29, 1.82) is 0 Å². The third-order valence-corrected chi connectivity index (χ3v) is 3.25. The lowest BCUT2D eigenvalue weighted by atomic mass is 10.1. The minimum Gasteiger partial charge on any atom is -0.465 e. The Bertz CT molecular complexity index is 591. The molecule has 0 N–H and O–H groups in total. The zero-order chi connectivity index (χ0) is 15.2. The van der Waals surface area contributed by atoms with E-state index >= 15 is 0 Å². The Morgan fingerprint density at radius 2 is 1.86 bits per heavy atom. The van der Waals surface area contributed by atoms with Crippen molar-refractivity contribution in [3.8, 4) is 0 Å². The molecule has 0 fully saturated rings. The van der Waals surface area contributed by atoms with E-state index in [9.17, 15) is 4.79 Å². The second-order valence-corrected chi connectivity index (χ2v) is 5.19. The smallest absolute Gasteiger partial charge is 0.339 e. The van der Waals surface area contributed by atoms with Crippen LogP contribution in [0.5, 0.6) is 0 Å². The van der Waals surface area contributed by atoms with Crippen molar-refractivity contribution in [2.75, 3.05) is 14.2 Å². The van der Waals surface area contributed by atoms with Crippen molar-refractivity contribution in [3.63, 3.8) is 0 Å². The van der Waals surface area contributed by atoms with Crippen LogP contribution in [-0.2, 0) is 17.8 Å². The molecule has 0 aliphatic carbocycles. The molecule has 0 amide bonds. The molecule has 0 saturated carbocycles. The van der Waals surface area contributed by atoms with Gasteiger partial charge in [0.15, 0.2) is 0 Å². The molecule has 0 unspecified atom stereocenters. The Labute approximate surface area is 125 Å². The first-order valence-corrected chi connectivity index (χ1v) is 6.86. The van der Waals surface area contributed by atoms with E-state index in [-0.39, 0.29) is 5.97 Å². The molecule has 0 atom stereocenters. The van der Waals surface area contributed by atoms with Crippen LogP contribution in [0.4, 0.5) is 0 Å². The maximum absolute atomic E-state index is 11.3. The summed E-state index contributed by atoms with van der Waals surface area (Å²) in [6.07, 6.45) is 1.56. The van der Waals surface area contributed by atoms with Gasteiger partial charge >= 0.3 is 5.97 Å². The molecular weight excluding hydrogens is 264 g/mol. The van der Waals surface area contributed by atoms with Crippen LogP contribution >= 0.6 is 0 Å². The lowest BCUT2D eigenvalue weighted by molar-refractivity contribution is 0.0600. The molecule has 4 nitrogen and oxygen atoms in total. The van der Waals surface area contributed by atoms with Gasteiger partial charge in [-0.05, 0) is 31.7 Å². The lowest BCUT2D eigenvalue weighted by Crippen LogP contribution is -2.18. The first kappa shape index (κ1) is 15.2. The molecule has 1 aromatic heterocycles. The maximum Gasteiger partial charge on any atom is 0.339 e. The molecule has 1 aromatic carbocycles. The standard InChI is InChI=1S/C17H20N2O2/c1-13-4-6-14(7-5-13)11-19(2)12-16-9-8-15(10-18-16)17(20)21-3/h4-10H,11-12H2,1-3H3. The minimum absolute atomic E-state index is 0.359. The Balaban J connectivity index is 1.94. The molecule has 0 spiro atoms. The third-order valence-electron chi connectivity index (χ3n) is 3.25. The summed E-state index contributed by atoms with van der Waals surface area (Å²) in [6, 6.07) is 12.1. The van der Waals surface area contributed by atoms with Crippen LogP contribution in [-0.4, -0.2) is 30.0 Å². The third kappa shape index (κ3) is 4.39. The van der Waals surface area contributed by atoms with E-state index in [1.54, 1.807) is 12.3 Å². The average molecular weight is 284 g/mol. The Morgan fingerprint density at radius 1 is 1.14 bits per heavy atom. The molecule has 0 saturated heterocycles. The number of ether oxygens (including phenoxy) is 1. The summed E-state index contributed by atoms with van der Waals surface area (Å²) in [6.45, 7) is 3.68. The van der Waals surface area contributed by atoms with Gasteiger partial charge in [0.25, 0.3) is 0 Å². The summed E-state index contributed by atoms with van der Waals surface area (Å²) in [5, 5.41) is 0. The molecule has 0 radical (unpaired) electrons. The van der Waals surface area contributed by atoms with Crippen molar-refractivity contribution < 1.29 is 9.53 Å². The number of nitrogens with zero attached hydrogens (tertiary/aromatic N) is 2. The second-order valence-electron chi connectivity index (χ2n) is 5.19. The Kier molecular flexibility index (Phi) is 5.06. The van der Waals surface area contributed by atoms with Gasteiger partial charge in [0.1, 0.15) is 0 Å². The molecule has 21 heavy (non-hydrogen) atoms. The molecule has 4 heteroatoms. The molecule has 110 valence electrons. The van der Waals surface area contributed by atoms with Crippen molar-refractivity contribution in [3.05, 3.63) is 65.0 Å². The quantitative estimate of drug-likeness (QED) is 0.792. The van der Waals surface area contributed by atoms with E-state index in [1.165, 1.54) is 18.2 Å². The highest BCUT2D eigenvalue weighted by Gasteiger charge is 2.07. The fourth-order valence-corrected chi connectivity index (χ4v) is 2.09. The highest BCUT2D eigenvalue weighted by molar-refractivity contribution is 5.88. The number of aryl methyl sites for hydroxylation is 1. The molecule has 2 rings (SSSR count). The van der Waals surface area contributed by atoms with Gasteiger partial charge in [-0.25, -0.2) is 4.79 Å². The first-order chi connectivity index (χ1) is 10.1. The molecular formula is C17H20N2O2. The van der Waals surface area contributed by atoms with E-state index in [2.05, 4.69) is 52.9 Å². The van der Waals surface area contributed by atoms with Crippen LogP contribution in [0.3, 0.4) is 0 Å². The SMILES string of the molecule is COC(=O)c1ccc(CN(C)Cc2ccc(C)cc2)nc1. The number of aromatic nitrogens is 1. The number of carbonyl (C=O) groups excluding carboxylic acids is 1. The fourth-order valence-electron chi connectivity index (χ4n) is 2.09. The largest absolute Gasteiger partial charge is 0.465 e. The minimum atomic E-state index is -0.359. The number of hydrogen-bond donors (Lipinski definition) is 0. The van der Waals surface area contributed by atoms with Crippen molar-refractivity contribution >= 4 is 5.97 Å².